The van der Waals surface area contributed by atoms with Crippen LogP contribution in [0.4, 0.5) is 5.69 Å². The van der Waals surface area contributed by atoms with Crippen molar-refractivity contribution < 1.29 is 9.53 Å². The predicted octanol–water partition coefficient (Wildman–Crippen LogP) is 1.98. The Morgan fingerprint density at radius 2 is 2.06 bits per heavy atom. The maximum absolute atomic E-state index is 11.1. The normalized spacial score (nSPS) is 23.5. The highest BCUT2D eigenvalue weighted by atomic mass is 16.5. The lowest BCUT2D eigenvalue weighted by Crippen LogP contribution is -2.45. The summed E-state index contributed by atoms with van der Waals surface area (Å²) in [6, 6.07) is 7.26. The molecule has 2 rings (SSSR count). The van der Waals surface area contributed by atoms with Gasteiger partial charge in [-0.1, -0.05) is 0 Å². The van der Waals surface area contributed by atoms with Crippen LogP contribution in [0.25, 0.3) is 0 Å². The minimum Gasteiger partial charge on any atom is -0.372 e. The first kappa shape index (κ1) is 12.6. The number of hydrogen-bond acceptors (Lipinski definition) is 4. The number of carbonyl (C=O) groups is 1. The van der Waals surface area contributed by atoms with Crippen LogP contribution < -0.4 is 4.90 Å². The summed E-state index contributed by atoms with van der Waals surface area (Å²) in [6.07, 6.45) is 1.09. The third-order valence-electron chi connectivity index (χ3n) is 3.04. The number of anilines is 1. The van der Waals surface area contributed by atoms with Gasteiger partial charge in [0.2, 0.25) is 0 Å². The number of ether oxygens (including phenoxy) is 1. The van der Waals surface area contributed by atoms with Crippen LogP contribution in [0.3, 0.4) is 0 Å². The zero-order chi connectivity index (χ0) is 13.1. The maximum Gasteiger partial charge on any atom is 0.152 e. The van der Waals surface area contributed by atoms with Crippen molar-refractivity contribution in [2.45, 2.75) is 26.1 Å². The van der Waals surface area contributed by atoms with Crippen LogP contribution in [0.5, 0.6) is 0 Å². The predicted molar refractivity (Wildman–Crippen MR) is 68.8 cm³/mol. The molecule has 1 aliphatic heterocycles. The minimum atomic E-state index is 0.142. The van der Waals surface area contributed by atoms with Crippen LogP contribution >= 0.6 is 0 Å². The average Bonchev–Trinajstić information content (AvgIpc) is 2.36. The number of nitrogens with zero attached hydrogens (tertiary/aromatic N) is 2. The van der Waals surface area contributed by atoms with Crippen molar-refractivity contribution in [2.24, 2.45) is 0 Å². The van der Waals surface area contributed by atoms with Crippen molar-refractivity contribution in [3.05, 3.63) is 29.3 Å². The molecule has 0 aromatic heterocycles. The van der Waals surface area contributed by atoms with E-state index in [1.54, 1.807) is 12.1 Å². The fraction of sp³-hybridized carbons (Fsp3) is 0.429. The molecule has 1 fully saturated rings. The average molecular weight is 244 g/mol. The molecule has 0 bridgehead atoms. The molecule has 0 saturated carbocycles. The quantitative estimate of drug-likeness (QED) is 0.746. The highest BCUT2D eigenvalue weighted by Crippen LogP contribution is 2.24. The Morgan fingerprint density at radius 3 is 2.61 bits per heavy atom. The van der Waals surface area contributed by atoms with Crippen LogP contribution in [-0.4, -0.2) is 31.6 Å². The molecular formula is C14H16N2O2. The second-order valence-corrected chi connectivity index (χ2v) is 4.67. The Balaban J connectivity index is 2.32. The van der Waals surface area contributed by atoms with Crippen molar-refractivity contribution in [1.29, 1.82) is 5.26 Å². The number of hydrogen-bond donors (Lipinski definition) is 0. The zero-order valence-electron chi connectivity index (χ0n) is 10.6. The second-order valence-electron chi connectivity index (χ2n) is 4.67. The summed E-state index contributed by atoms with van der Waals surface area (Å²) in [7, 11) is 0. The molecule has 4 heteroatoms. The van der Waals surface area contributed by atoms with E-state index in [4.69, 9.17) is 10.00 Å². The summed E-state index contributed by atoms with van der Waals surface area (Å²) < 4.78 is 5.67. The van der Waals surface area contributed by atoms with Gasteiger partial charge in [-0.15, -0.1) is 0 Å². The van der Waals surface area contributed by atoms with Gasteiger partial charge >= 0.3 is 0 Å². The number of aldehydes is 1. The fourth-order valence-electron chi connectivity index (χ4n) is 2.38. The van der Waals surface area contributed by atoms with Crippen LogP contribution in [0.1, 0.15) is 29.8 Å². The van der Waals surface area contributed by atoms with Crippen molar-refractivity contribution >= 4 is 12.0 Å². The molecule has 94 valence electrons. The number of nitriles is 1. The first-order valence-corrected chi connectivity index (χ1v) is 6.03. The summed E-state index contributed by atoms with van der Waals surface area (Å²) in [5, 5.41) is 8.84. The Labute approximate surface area is 107 Å². The van der Waals surface area contributed by atoms with Crippen molar-refractivity contribution in [3.63, 3.8) is 0 Å². The molecule has 2 atom stereocenters. The Hall–Kier alpha value is -1.86. The van der Waals surface area contributed by atoms with E-state index in [-0.39, 0.29) is 12.2 Å². The Morgan fingerprint density at radius 1 is 1.39 bits per heavy atom. The first-order chi connectivity index (χ1) is 8.63. The van der Waals surface area contributed by atoms with E-state index < -0.39 is 0 Å². The SMILES string of the molecule is CC1CN(c2ccc(C#N)cc2C=O)CC(C)O1. The molecule has 2 unspecified atom stereocenters. The van der Waals surface area contributed by atoms with Crippen LogP contribution in [-0.2, 0) is 4.74 Å². The molecule has 1 aromatic carbocycles. The Kier molecular flexibility index (Phi) is 3.63. The lowest BCUT2D eigenvalue weighted by Gasteiger charge is -2.37. The van der Waals surface area contributed by atoms with Crippen LogP contribution in [0, 0.1) is 11.3 Å². The summed E-state index contributed by atoms with van der Waals surface area (Å²) in [5.41, 5.74) is 1.96. The second kappa shape index (κ2) is 5.19. The van der Waals surface area contributed by atoms with Gasteiger partial charge in [0, 0.05) is 24.3 Å². The van der Waals surface area contributed by atoms with Crippen LogP contribution in [0.2, 0.25) is 0 Å². The van der Waals surface area contributed by atoms with E-state index in [0.29, 0.717) is 11.1 Å². The van der Waals surface area contributed by atoms with E-state index in [1.807, 2.05) is 26.0 Å². The molecule has 1 heterocycles. The number of rotatable bonds is 2. The standard InChI is InChI=1S/C14H16N2O2/c1-10-7-16(8-11(2)18-10)14-4-3-12(6-15)5-13(14)9-17/h3-5,9-11H,7-8H2,1-2H3. The smallest absolute Gasteiger partial charge is 0.152 e. The van der Waals surface area contributed by atoms with Gasteiger partial charge in [0.05, 0.1) is 23.8 Å². The highest BCUT2D eigenvalue weighted by Gasteiger charge is 2.23. The third-order valence-corrected chi connectivity index (χ3v) is 3.04. The maximum atomic E-state index is 11.1. The number of carbonyl (C=O) groups excluding carboxylic acids is 1. The minimum absolute atomic E-state index is 0.142. The highest BCUT2D eigenvalue weighted by molar-refractivity contribution is 5.85. The van der Waals surface area contributed by atoms with Gasteiger partial charge in [-0.2, -0.15) is 5.26 Å². The van der Waals surface area contributed by atoms with Gasteiger partial charge < -0.3 is 9.64 Å². The first-order valence-electron chi connectivity index (χ1n) is 6.03. The largest absolute Gasteiger partial charge is 0.372 e. The van der Waals surface area contributed by atoms with E-state index in [1.165, 1.54) is 0 Å². The molecule has 1 aliphatic rings. The zero-order valence-corrected chi connectivity index (χ0v) is 10.6. The summed E-state index contributed by atoms with van der Waals surface area (Å²) in [4.78, 5) is 13.3. The van der Waals surface area contributed by atoms with E-state index in [9.17, 15) is 4.79 Å². The van der Waals surface area contributed by atoms with E-state index >= 15 is 0 Å². The van der Waals surface area contributed by atoms with Gasteiger partial charge in [0.25, 0.3) is 0 Å². The van der Waals surface area contributed by atoms with Gasteiger partial charge in [0.15, 0.2) is 6.29 Å². The molecule has 4 nitrogen and oxygen atoms in total. The molecule has 0 spiro atoms. The number of morpholine rings is 1. The summed E-state index contributed by atoms with van der Waals surface area (Å²) in [5.74, 6) is 0. The fourth-order valence-corrected chi connectivity index (χ4v) is 2.38. The third kappa shape index (κ3) is 2.52. The lowest BCUT2D eigenvalue weighted by atomic mass is 10.1. The van der Waals surface area contributed by atoms with Crippen LogP contribution in [0.15, 0.2) is 18.2 Å². The molecule has 0 amide bonds. The molecular weight excluding hydrogens is 228 g/mol. The molecule has 1 saturated heterocycles. The molecule has 1 aromatic rings. The van der Waals surface area contributed by atoms with E-state index in [2.05, 4.69) is 4.90 Å². The van der Waals surface area contributed by atoms with Gasteiger partial charge in [-0.3, -0.25) is 4.79 Å². The summed E-state index contributed by atoms with van der Waals surface area (Å²) in [6.45, 7) is 5.56. The summed E-state index contributed by atoms with van der Waals surface area (Å²) >= 11 is 0. The number of benzene rings is 1. The molecule has 0 N–H and O–H groups in total. The monoisotopic (exact) mass is 244 g/mol. The molecule has 18 heavy (non-hydrogen) atoms. The van der Waals surface area contributed by atoms with Gasteiger partial charge in [-0.05, 0) is 32.0 Å². The van der Waals surface area contributed by atoms with Crippen molar-refractivity contribution in [2.75, 3.05) is 18.0 Å². The Bertz CT molecular complexity index is 483. The molecule has 0 aliphatic carbocycles. The van der Waals surface area contributed by atoms with E-state index in [0.717, 1.165) is 25.1 Å². The van der Waals surface area contributed by atoms with Crippen molar-refractivity contribution in [1.82, 2.24) is 0 Å². The van der Waals surface area contributed by atoms with Gasteiger partial charge in [0.1, 0.15) is 0 Å². The van der Waals surface area contributed by atoms with Crippen molar-refractivity contribution in [3.8, 4) is 6.07 Å². The molecule has 0 radical (unpaired) electrons. The lowest BCUT2D eigenvalue weighted by molar-refractivity contribution is -0.00525. The van der Waals surface area contributed by atoms with Gasteiger partial charge in [-0.25, -0.2) is 0 Å². The topological polar surface area (TPSA) is 53.3 Å².